The van der Waals surface area contributed by atoms with Gasteiger partial charge in [-0.05, 0) is 43.0 Å². The number of carbonyl (C=O) groups excluding carboxylic acids is 2. The molecule has 0 aliphatic heterocycles. The molecule has 0 saturated carbocycles. The smallest absolute Gasteiger partial charge is 0.253 e. The monoisotopic (exact) mass is 272 g/mol. The van der Waals surface area contributed by atoms with E-state index in [2.05, 4.69) is 17.5 Å². The number of hydrogen-bond acceptors (Lipinski definition) is 2. The molecule has 4 nitrogen and oxygen atoms in total. The number of hydrogen-bond donors (Lipinski definition) is 1. The topological polar surface area (TPSA) is 49.4 Å². The third-order valence-corrected chi connectivity index (χ3v) is 3.38. The molecule has 1 aliphatic rings. The summed E-state index contributed by atoms with van der Waals surface area (Å²) in [6.07, 6.45) is 6.88. The van der Waals surface area contributed by atoms with Gasteiger partial charge in [-0.25, -0.2) is 0 Å². The Morgan fingerprint density at radius 2 is 1.95 bits per heavy atom. The van der Waals surface area contributed by atoms with Crippen LogP contribution in [-0.4, -0.2) is 30.8 Å². The van der Waals surface area contributed by atoms with Crippen molar-refractivity contribution >= 4 is 17.5 Å². The van der Waals surface area contributed by atoms with Crippen LogP contribution in [0.15, 0.2) is 36.4 Å². The summed E-state index contributed by atoms with van der Waals surface area (Å²) in [6.45, 7) is 0. The van der Waals surface area contributed by atoms with Gasteiger partial charge in [-0.1, -0.05) is 12.2 Å². The standard InChI is InChI=1S/C16H20N2O2/c1-18(2)16(20)13-7-9-14(10-8-13)17-15(19)11-12-5-3-4-6-12/h3,5,7-10,12H,4,6,11H2,1-2H3,(H,17,19)/t12-/m1/s1. The lowest BCUT2D eigenvalue weighted by molar-refractivity contribution is -0.116. The number of allylic oxidation sites excluding steroid dienone is 2. The van der Waals surface area contributed by atoms with Crippen molar-refractivity contribution in [1.29, 1.82) is 0 Å². The van der Waals surface area contributed by atoms with E-state index in [1.807, 2.05) is 0 Å². The van der Waals surface area contributed by atoms with Crippen LogP contribution in [-0.2, 0) is 4.79 Å². The molecule has 2 rings (SSSR count). The Hall–Kier alpha value is -2.10. The maximum Gasteiger partial charge on any atom is 0.253 e. The zero-order valence-electron chi connectivity index (χ0n) is 11.9. The molecule has 0 aromatic heterocycles. The molecule has 1 N–H and O–H groups in total. The van der Waals surface area contributed by atoms with Gasteiger partial charge in [0.1, 0.15) is 0 Å². The van der Waals surface area contributed by atoms with Crippen molar-refractivity contribution in [3.63, 3.8) is 0 Å². The summed E-state index contributed by atoms with van der Waals surface area (Å²) in [5, 5.41) is 2.87. The minimum atomic E-state index is -0.0426. The van der Waals surface area contributed by atoms with Crippen LogP contribution in [0.3, 0.4) is 0 Å². The molecule has 1 atom stereocenters. The van der Waals surface area contributed by atoms with Gasteiger partial charge in [0.2, 0.25) is 5.91 Å². The maximum atomic E-state index is 11.9. The Bertz CT molecular complexity index is 518. The van der Waals surface area contributed by atoms with Gasteiger partial charge < -0.3 is 10.2 Å². The highest BCUT2D eigenvalue weighted by Crippen LogP contribution is 2.21. The molecule has 2 amide bonds. The first kappa shape index (κ1) is 14.3. The fourth-order valence-electron chi connectivity index (χ4n) is 2.27. The maximum absolute atomic E-state index is 11.9. The number of nitrogens with zero attached hydrogens (tertiary/aromatic N) is 1. The number of benzene rings is 1. The average molecular weight is 272 g/mol. The highest BCUT2D eigenvalue weighted by Gasteiger charge is 2.14. The van der Waals surface area contributed by atoms with Gasteiger partial charge >= 0.3 is 0 Å². The molecular weight excluding hydrogens is 252 g/mol. The van der Waals surface area contributed by atoms with Gasteiger partial charge in [-0.15, -0.1) is 0 Å². The quantitative estimate of drug-likeness (QED) is 0.857. The summed E-state index contributed by atoms with van der Waals surface area (Å²) in [6, 6.07) is 6.99. The van der Waals surface area contributed by atoms with Crippen LogP contribution in [0.5, 0.6) is 0 Å². The van der Waals surface area contributed by atoms with Crippen LogP contribution in [0, 0.1) is 5.92 Å². The van der Waals surface area contributed by atoms with E-state index in [4.69, 9.17) is 0 Å². The minimum Gasteiger partial charge on any atom is -0.345 e. The van der Waals surface area contributed by atoms with Crippen molar-refractivity contribution < 1.29 is 9.59 Å². The van der Waals surface area contributed by atoms with Gasteiger partial charge in [0.05, 0.1) is 0 Å². The fourth-order valence-corrected chi connectivity index (χ4v) is 2.27. The van der Waals surface area contributed by atoms with Gasteiger partial charge in [0, 0.05) is 31.8 Å². The van der Waals surface area contributed by atoms with Crippen LogP contribution in [0.1, 0.15) is 29.6 Å². The highest BCUT2D eigenvalue weighted by molar-refractivity contribution is 5.95. The molecule has 106 valence electrons. The van der Waals surface area contributed by atoms with Crippen molar-refractivity contribution in [3.8, 4) is 0 Å². The average Bonchev–Trinajstić information content (AvgIpc) is 2.91. The molecule has 20 heavy (non-hydrogen) atoms. The summed E-state index contributed by atoms with van der Waals surface area (Å²) in [4.78, 5) is 25.1. The summed E-state index contributed by atoms with van der Waals surface area (Å²) < 4.78 is 0. The van der Waals surface area contributed by atoms with Gasteiger partial charge in [-0.3, -0.25) is 9.59 Å². The zero-order chi connectivity index (χ0) is 14.5. The molecule has 1 aliphatic carbocycles. The van der Waals surface area contributed by atoms with Crippen LogP contribution >= 0.6 is 0 Å². The Morgan fingerprint density at radius 3 is 2.50 bits per heavy atom. The van der Waals surface area contributed by atoms with Crippen LogP contribution < -0.4 is 5.32 Å². The number of carbonyl (C=O) groups is 2. The molecule has 0 spiro atoms. The molecule has 1 aromatic rings. The summed E-state index contributed by atoms with van der Waals surface area (Å²) in [7, 11) is 3.43. The van der Waals surface area contributed by atoms with E-state index in [-0.39, 0.29) is 11.8 Å². The Balaban J connectivity index is 1.91. The van der Waals surface area contributed by atoms with E-state index in [0.717, 1.165) is 18.5 Å². The van der Waals surface area contributed by atoms with Crippen LogP contribution in [0.4, 0.5) is 5.69 Å². The van der Waals surface area contributed by atoms with Crippen molar-refractivity contribution in [2.75, 3.05) is 19.4 Å². The molecule has 0 saturated heterocycles. The number of amides is 2. The molecule has 0 radical (unpaired) electrons. The first-order valence-corrected chi connectivity index (χ1v) is 6.84. The van der Waals surface area contributed by atoms with E-state index < -0.39 is 0 Å². The van der Waals surface area contributed by atoms with Gasteiger partial charge in [-0.2, -0.15) is 0 Å². The normalized spacial score (nSPS) is 17.0. The molecule has 0 bridgehead atoms. The van der Waals surface area contributed by atoms with E-state index in [9.17, 15) is 9.59 Å². The lowest BCUT2D eigenvalue weighted by atomic mass is 10.0. The lowest BCUT2D eigenvalue weighted by Crippen LogP contribution is -2.21. The third kappa shape index (κ3) is 3.70. The SMILES string of the molecule is CN(C)C(=O)c1ccc(NC(=O)C[C@@H]2C=CCC2)cc1. The predicted molar refractivity (Wildman–Crippen MR) is 79.6 cm³/mol. The number of rotatable bonds is 4. The predicted octanol–water partition coefficient (Wildman–Crippen LogP) is 2.68. The molecule has 0 fully saturated rings. The largest absolute Gasteiger partial charge is 0.345 e. The second kappa shape index (κ2) is 6.37. The van der Waals surface area contributed by atoms with Crippen molar-refractivity contribution in [2.45, 2.75) is 19.3 Å². The van der Waals surface area contributed by atoms with Crippen molar-refractivity contribution in [2.24, 2.45) is 5.92 Å². The summed E-state index contributed by atoms with van der Waals surface area (Å²) in [5.41, 5.74) is 1.35. The second-order valence-electron chi connectivity index (χ2n) is 5.29. The Morgan fingerprint density at radius 1 is 1.25 bits per heavy atom. The van der Waals surface area contributed by atoms with E-state index in [1.54, 1.807) is 38.4 Å². The van der Waals surface area contributed by atoms with Crippen LogP contribution in [0.25, 0.3) is 0 Å². The first-order chi connectivity index (χ1) is 9.56. The van der Waals surface area contributed by atoms with Gasteiger partial charge in [0.15, 0.2) is 0 Å². The van der Waals surface area contributed by atoms with Crippen LogP contribution in [0.2, 0.25) is 0 Å². The van der Waals surface area contributed by atoms with Crippen molar-refractivity contribution in [3.05, 3.63) is 42.0 Å². The molecule has 4 heteroatoms. The van der Waals surface area contributed by atoms with E-state index >= 15 is 0 Å². The fraction of sp³-hybridized carbons (Fsp3) is 0.375. The minimum absolute atomic E-state index is 0.0215. The molecule has 0 unspecified atom stereocenters. The zero-order valence-corrected chi connectivity index (χ0v) is 11.9. The van der Waals surface area contributed by atoms with E-state index in [1.165, 1.54) is 4.90 Å². The number of anilines is 1. The Kier molecular flexibility index (Phi) is 4.56. The van der Waals surface area contributed by atoms with Gasteiger partial charge in [0.25, 0.3) is 5.91 Å². The first-order valence-electron chi connectivity index (χ1n) is 6.84. The summed E-state index contributed by atoms with van der Waals surface area (Å²) >= 11 is 0. The Labute approximate surface area is 119 Å². The molecule has 0 heterocycles. The van der Waals surface area contributed by atoms with E-state index in [0.29, 0.717) is 17.9 Å². The molecule has 1 aromatic carbocycles. The number of nitrogens with one attached hydrogen (secondary N) is 1. The van der Waals surface area contributed by atoms with Crippen molar-refractivity contribution in [1.82, 2.24) is 4.90 Å². The summed E-state index contributed by atoms with van der Waals surface area (Å²) in [5.74, 6) is 0.344. The molecular formula is C16H20N2O2. The third-order valence-electron chi connectivity index (χ3n) is 3.38. The lowest BCUT2D eigenvalue weighted by Gasteiger charge is -2.11. The highest BCUT2D eigenvalue weighted by atomic mass is 16.2. The second-order valence-corrected chi connectivity index (χ2v) is 5.29.